The van der Waals surface area contributed by atoms with Crippen molar-refractivity contribution >= 4 is 17.5 Å². The van der Waals surface area contributed by atoms with E-state index in [1.807, 2.05) is 54.6 Å². The lowest BCUT2D eigenvalue weighted by Crippen LogP contribution is -2.43. The van der Waals surface area contributed by atoms with E-state index >= 15 is 0 Å². The van der Waals surface area contributed by atoms with Crippen LogP contribution in [0.5, 0.6) is 5.75 Å². The Morgan fingerprint density at radius 3 is 2.50 bits per heavy atom. The number of hydrogen-bond donors (Lipinski definition) is 0. The molecule has 0 aromatic heterocycles. The molecule has 0 aliphatic carbocycles. The molecule has 0 saturated carbocycles. The Labute approximate surface area is 209 Å². The van der Waals surface area contributed by atoms with Crippen molar-refractivity contribution in [1.82, 2.24) is 9.91 Å². The summed E-state index contributed by atoms with van der Waals surface area (Å²) >= 11 is 0. The van der Waals surface area contributed by atoms with Gasteiger partial charge < -0.3 is 14.4 Å². The molecule has 8 heteroatoms. The highest BCUT2D eigenvalue weighted by molar-refractivity contribution is 6.04. The third-order valence-electron chi connectivity index (χ3n) is 6.04. The Morgan fingerprint density at radius 2 is 1.78 bits per heavy atom. The van der Waals surface area contributed by atoms with Gasteiger partial charge in [0.1, 0.15) is 18.1 Å². The molecule has 0 radical (unpaired) electrons. The Hall–Kier alpha value is -4.04. The van der Waals surface area contributed by atoms with E-state index in [9.17, 15) is 14.0 Å². The SMILES string of the molecule is COCCN(CC(=O)N1N=C(c2cccc(OC)c2)C[C@H]1c1ccccc1)C(=O)c1ccccc1F. The highest BCUT2D eigenvalue weighted by Crippen LogP contribution is 2.33. The van der Waals surface area contributed by atoms with Gasteiger partial charge in [0.05, 0.1) is 31.0 Å². The summed E-state index contributed by atoms with van der Waals surface area (Å²) in [7, 11) is 3.10. The molecule has 0 spiro atoms. The van der Waals surface area contributed by atoms with Gasteiger partial charge in [0.25, 0.3) is 11.8 Å². The molecule has 0 fully saturated rings. The van der Waals surface area contributed by atoms with Crippen LogP contribution in [0.3, 0.4) is 0 Å². The van der Waals surface area contributed by atoms with E-state index in [1.165, 1.54) is 35.2 Å². The maximum Gasteiger partial charge on any atom is 0.262 e. The quantitative estimate of drug-likeness (QED) is 0.449. The Morgan fingerprint density at radius 1 is 1.03 bits per heavy atom. The number of rotatable bonds is 9. The van der Waals surface area contributed by atoms with Crippen molar-refractivity contribution < 1.29 is 23.5 Å². The number of benzene rings is 3. The van der Waals surface area contributed by atoms with Crippen LogP contribution in [0.25, 0.3) is 0 Å². The summed E-state index contributed by atoms with van der Waals surface area (Å²) in [5.74, 6) is -0.898. The molecule has 0 N–H and O–H groups in total. The first-order chi connectivity index (χ1) is 17.5. The number of hydrogen-bond acceptors (Lipinski definition) is 5. The second kappa shape index (κ2) is 11.6. The number of carbonyl (C=O) groups is 2. The van der Waals surface area contributed by atoms with E-state index in [0.717, 1.165) is 16.8 Å². The molecule has 0 unspecified atom stereocenters. The van der Waals surface area contributed by atoms with Crippen LogP contribution in [0.4, 0.5) is 4.39 Å². The van der Waals surface area contributed by atoms with Gasteiger partial charge in [-0.1, -0.05) is 54.6 Å². The first-order valence-corrected chi connectivity index (χ1v) is 11.6. The monoisotopic (exact) mass is 489 g/mol. The van der Waals surface area contributed by atoms with Gasteiger partial charge in [-0.15, -0.1) is 0 Å². The average Bonchev–Trinajstić information content (AvgIpc) is 3.37. The van der Waals surface area contributed by atoms with Crippen molar-refractivity contribution in [1.29, 1.82) is 0 Å². The largest absolute Gasteiger partial charge is 0.497 e. The third-order valence-corrected chi connectivity index (χ3v) is 6.04. The number of hydrazone groups is 1. The Balaban J connectivity index is 1.63. The number of amides is 2. The first kappa shape index (κ1) is 25.1. The summed E-state index contributed by atoms with van der Waals surface area (Å²) in [6.07, 6.45) is 0.502. The molecule has 0 saturated heterocycles. The number of methoxy groups -OCH3 is 2. The lowest BCUT2D eigenvalue weighted by atomic mass is 9.98. The molecule has 0 bridgehead atoms. The Kier molecular flexibility index (Phi) is 8.07. The summed E-state index contributed by atoms with van der Waals surface area (Å²) in [5, 5.41) is 6.11. The Bertz CT molecular complexity index is 1250. The second-order valence-electron chi connectivity index (χ2n) is 8.35. The third kappa shape index (κ3) is 5.60. The molecule has 1 aliphatic rings. The van der Waals surface area contributed by atoms with E-state index in [4.69, 9.17) is 9.47 Å². The molecule has 186 valence electrons. The van der Waals surface area contributed by atoms with Crippen LogP contribution < -0.4 is 4.74 Å². The number of halogens is 1. The molecule has 1 heterocycles. The lowest BCUT2D eigenvalue weighted by Gasteiger charge is -2.27. The molecule has 4 rings (SSSR count). The van der Waals surface area contributed by atoms with Gasteiger partial charge in [0.2, 0.25) is 0 Å². The van der Waals surface area contributed by atoms with Gasteiger partial charge in [0.15, 0.2) is 0 Å². The zero-order valence-electron chi connectivity index (χ0n) is 20.3. The van der Waals surface area contributed by atoms with Crippen LogP contribution in [0, 0.1) is 5.82 Å². The van der Waals surface area contributed by atoms with Crippen LogP contribution in [0.2, 0.25) is 0 Å². The average molecular weight is 490 g/mol. The van der Waals surface area contributed by atoms with Crippen molar-refractivity contribution in [2.75, 3.05) is 33.9 Å². The molecular weight excluding hydrogens is 461 g/mol. The fourth-order valence-corrected chi connectivity index (χ4v) is 4.15. The predicted molar refractivity (Wildman–Crippen MR) is 134 cm³/mol. The van der Waals surface area contributed by atoms with Gasteiger partial charge in [-0.2, -0.15) is 5.10 Å². The maximum atomic E-state index is 14.3. The van der Waals surface area contributed by atoms with Crippen molar-refractivity contribution in [2.45, 2.75) is 12.5 Å². The van der Waals surface area contributed by atoms with E-state index in [1.54, 1.807) is 13.2 Å². The van der Waals surface area contributed by atoms with Crippen molar-refractivity contribution in [2.24, 2.45) is 5.10 Å². The first-order valence-electron chi connectivity index (χ1n) is 11.6. The van der Waals surface area contributed by atoms with Gasteiger partial charge in [-0.05, 0) is 29.8 Å². The molecule has 3 aromatic carbocycles. The van der Waals surface area contributed by atoms with Gasteiger partial charge in [-0.3, -0.25) is 9.59 Å². The van der Waals surface area contributed by atoms with Crippen molar-refractivity contribution in [3.63, 3.8) is 0 Å². The standard InChI is InChI=1S/C28H28FN3O4/c1-35-16-15-31(28(34)23-13-6-7-14-24(23)29)19-27(33)32-26(20-9-4-3-5-10-20)18-25(30-32)21-11-8-12-22(17-21)36-2/h3-14,17,26H,15-16,18-19H2,1-2H3/t26-/m0/s1. The molecule has 1 atom stereocenters. The lowest BCUT2D eigenvalue weighted by molar-refractivity contribution is -0.133. The zero-order chi connectivity index (χ0) is 25.5. The van der Waals surface area contributed by atoms with Crippen LogP contribution in [-0.2, 0) is 9.53 Å². The highest BCUT2D eigenvalue weighted by Gasteiger charge is 2.34. The number of carbonyl (C=O) groups excluding carboxylic acids is 2. The topological polar surface area (TPSA) is 71.4 Å². The summed E-state index contributed by atoms with van der Waals surface area (Å²) in [6.45, 7) is 0.0639. The van der Waals surface area contributed by atoms with Gasteiger partial charge in [-0.25, -0.2) is 9.40 Å². The fraction of sp³-hybridized carbons (Fsp3) is 0.250. The zero-order valence-corrected chi connectivity index (χ0v) is 20.3. The summed E-state index contributed by atoms with van der Waals surface area (Å²) in [5.41, 5.74) is 2.42. The van der Waals surface area contributed by atoms with E-state index in [-0.39, 0.29) is 37.2 Å². The minimum Gasteiger partial charge on any atom is -0.497 e. The van der Waals surface area contributed by atoms with Crippen LogP contribution >= 0.6 is 0 Å². The molecule has 2 amide bonds. The van der Waals surface area contributed by atoms with E-state index < -0.39 is 11.7 Å². The van der Waals surface area contributed by atoms with Crippen LogP contribution in [-0.4, -0.2) is 61.4 Å². The second-order valence-corrected chi connectivity index (χ2v) is 8.35. The number of ether oxygens (including phenoxy) is 2. The molecule has 36 heavy (non-hydrogen) atoms. The van der Waals surface area contributed by atoms with Crippen LogP contribution in [0.15, 0.2) is 84.0 Å². The summed E-state index contributed by atoms with van der Waals surface area (Å²) < 4.78 is 24.8. The number of nitrogens with zero attached hydrogens (tertiary/aromatic N) is 3. The minimum atomic E-state index is -0.640. The molecule has 3 aromatic rings. The maximum absolute atomic E-state index is 14.3. The van der Waals surface area contributed by atoms with Gasteiger partial charge >= 0.3 is 0 Å². The smallest absolute Gasteiger partial charge is 0.262 e. The summed E-state index contributed by atoms with van der Waals surface area (Å²) in [4.78, 5) is 28.0. The minimum absolute atomic E-state index is 0.0944. The predicted octanol–water partition coefficient (Wildman–Crippen LogP) is 4.30. The fourth-order valence-electron chi connectivity index (χ4n) is 4.15. The normalized spacial score (nSPS) is 14.9. The van der Waals surface area contributed by atoms with E-state index in [2.05, 4.69) is 5.10 Å². The summed E-state index contributed by atoms with van der Waals surface area (Å²) in [6, 6.07) is 22.5. The molecule has 1 aliphatic heterocycles. The highest BCUT2D eigenvalue weighted by atomic mass is 19.1. The van der Waals surface area contributed by atoms with Crippen molar-refractivity contribution in [3.8, 4) is 5.75 Å². The molecule has 7 nitrogen and oxygen atoms in total. The van der Waals surface area contributed by atoms with E-state index in [0.29, 0.717) is 12.2 Å². The van der Waals surface area contributed by atoms with Crippen LogP contribution in [0.1, 0.15) is 33.9 Å². The van der Waals surface area contributed by atoms with Crippen molar-refractivity contribution in [3.05, 3.63) is 101 Å². The van der Waals surface area contributed by atoms with Gasteiger partial charge in [0, 0.05) is 25.6 Å². The molecular formula is C28H28FN3O4.